The molecule has 2 aromatic rings. The summed E-state index contributed by atoms with van der Waals surface area (Å²) in [5.41, 5.74) is 2.20. The van der Waals surface area contributed by atoms with Crippen LogP contribution >= 0.6 is 15.9 Å². The molecule has 2 rings (SSSR count). The van der Waals surface area contributed by atoms with Gasteiger partial charge in [0.25, 0.3) is 0 Å². The number of carbonyl (C=O) groups is 1. The molecule has 20 heavy (non-hydrogen) atoms. The molecular formula is C15H14BrNO3. The van der Waals surface area contributed by atoms with E-state index in [0.717, 1.165) is 27.9 Å². The van der Waals surface area contributed by atoms with Gasteiger partial charge in [-0.25, -0.2) is 0 Å². The Labute approximate surface area is 125 Å². The van der Waals surface area contributed by atoms with Gasteiger partial charge in [0.05, 0.1) is 12.8 Å². The Balaban J connectivity index is 2.12. The monoisotopic (exact) mass is 335 g/mol. The summed E-state index contributed by atoms with van der Waals surface area (Å²) in [6.07, 6.45) is 0.783. The molecule has 0 radical (unpaired) electrons. The summed E-state index contributed by atoms with van der Waals surface area (Å²) in [5, 5.41) is 0. The molecule has 0 amide bonds. The molecule has 0 bridgehead atoms. The zero-order valence-electron chi connectivity index (χ0n) is 11.2. The molecule has 5 heteroatoms. The molecule has 104 valence electrons. The summed E-state index contributed by atoms with van der Waals surface area (Å²) in [5.74, 6) is 1.37. The molecule has 0 N–H and O–H groups in total. The van der Waals surface area contributed by atoms with E-state index in [1.54, 1.807) is 25.3 Å². The summed E-state index contributed by atoms with van der Waals surface area (Å²) in [6, 6.07) is 8.94. The van der Waals surface area contributed by atoms with Gasteiger partial charge in [-0.1, -0.05) is 15.9 Å². The van der Waals surface area contributed by atoms with Crippen LogP contribution < -0.4 is 9.47 Å². The topological polar surface area (TPSA) is 48.4 Å². The zero-order valence-corrected chi connectivity index (χ0v) is 12.8. The van der Waals surface area contributed by atoms with E-state index in [4.69, 9.17) is 9.47 Å². The van der Waals surface area contributed by atoms with Gasteiger partial charge in [0, 0.05) is 27.9 Å². The Morgan fingerprint density at radius 2 is 2.05 bits per heavy atom. The fourth-order valence-electron chi connectivity index (χ4n) is 1.75. The number of aldehydes is 1. The van der Waals surface area contributed by atoms with Crippen LogP contribution in [0.25, 0.3) is 0 Å². The highest BCUT2D eigenvalue weighted by Gasteiger charge is 2.04. The van der Waals surface area contributed by atoms with Gasteiger partial charge >= 0.3 is 0 Å². The number of hydrogen-bond acceptors (Lipinski definition) is 4. The van der Waals surface area contributed by atoms with Crippen molar-refractivity contribution < 1.29 is 14.3 Å². The van der Waals surface area contributed by atoms with Crippen molar-refractivity contribution in [3.05, 3.63) is 51.8 Å². The van der Waals surface area contributed by atoms with Crippen molar-refractivity contribution in [3.63, 3.8) is 0 Å². The summed E-state index contributed by atoms with van der Waals surface area (Å²) in [4.78, 5) is 15.2. The lowest BCUT2D eigenvalue weighted by atomic mass is 10.2. The minimum Gasteiger partial charge on any atom is -0.497 e. The molecule has 0 aliphatic carbocycles. The number of hydrogen-bond donors (Lipinski definition) is 0. The van der Waals surface area contributed by atoms with Gasteiger partial charge in [-0.3, -0.25) is 9.78 Å². The third-order valence-electron chi connectivity index (χ3n) is 2.70. The average molecular weight is 336 g/mol. The van der Waals surface area contributed by atoms with Crippen molar-refractivity contribution in [2.75, 3.05) is 7.11 Å². The maximum absolute atomic E-state index is 10.9. The minimum atomic E-state index is 0.317. The normalized spacial score (nSPS) is 10.2. The molecule has 0 saturated heterocycles. The number of halogens is 1. The fourth-order valence-corrected chi connectivity index (χ4v) is 2.09. The van der Waals surface area contributed by atoms with Gasteiger partial charge in [0.1, 0.15) is 18.1 Å². The SMILES string of the molecule is COc1cc(C)nc(COc2ccc(Br)c(C=O)c2)c1. The van der Waals surface area contributed by atoms with E-state index in [0.29, 0.717) is 17.9 Å². The molecule has 1 aromatic carbocycles. The number of methoxy groups -OCH3 is 1. The number of pyridine rings is 1. The highest BCUT2D eigenvalue weighted by molar-refractivity contribution is 9.10. The second kappa shape index (κ2) is 6.52. The first-order valence-corrected chi connectivity index (χ1v) is 6.81. The first-order chi connectivity index (χ1) is 9.62. The van der Waals surface area contributed by atoms with Gasteiger partial charge in [0.15, 0.2) is 6.29 Å². The molecule has 0 aliphatic rings. The number of ether oxygens (including phenoxy) is 2. The maximum Gasteiger partial charge on any atom is 0.151 e. The van der Waals surface area contributed by atoms with Crippen LogP contribution in [0, 0.1) is 6.92 Å². The highest BCUT2D eigenvalue weighted by atomic mass is 79.9. The molecule has 0 unspecified atom stereocenters. The van der Waals surface area contributed by atoms with E-state index in [1.165, 1.54) is 0 Å². The summed E-state index contributed by atoms with van der Waals surface area (Å²) in [7, 11) is 1.62. The summed E-state index contributed by atoms with van der Waals surface area (Å²) in [6.45, 7) is 2.22. The predicted molar refractivity (Wildman–Crippen MR) is 79.4 cm³/mol. The lowest BCUT2D eigenvalue weighted by Crippen LogP contribution is -2.01. The number of rotatable bonds is 5. The van der Waals surface area contributed by atoms with E-state index >= 15 is 0 Å². The summed E-state index contributed by atoms with van der Waals surface area (Å²) < 4.78 is 11.6. The highest BCUT2D eigenvalue weighted by Crippen LogP contribution is 2.22. The standard InChI is InChI=1S/C15H14BrNO3/c1-10-5-14(19-2)7-12(17-10)9-20-13-3-4-15(16)11(6-13)8-18/h3-8H,9H2,1-2H3. The Kier molecular flexibility index (Phi) is 4.74. The van der Waals surface area contributed by atoms with Crippen LogP contribution in [0.15, 0.2) is 34.8 Å². The number of carbonyl (C=O) groups excluding carboxylic acids is 1. The number of aromatic nitrogens is 1. The molecule has 1 aromatic heterocycles. The minimum absolute atomic E-state index is 0.317. The predicted octanol–water partition coefficient (Wildman–Crippen LogP) is 3.55. The van der Waals surface area contributed by atoms with Crippen LogP contribution in [0.1, 0.15) is 21.7 Å². The molecule has 4 nitrogen and oxygen atoms in total. The van der Waals surface area contributed by atoms with Crippen LogP contribution in [0.2, 0.25) is 0 Å². The van der Waals surface area contributed by atoms with Crippen molar-refractivity contribution in [2.45, 2.75) is 13.5 Å². The third kappa shape index (κ3) is 3.57. The first-order valence-electron chi connectivity index (χ1n) is 6.01. The molecule has 0 spiro atoms. The number of aryl methyl sites for hydroxylation is 1. The smallest absolute Gasteiger partial charge is 0.151 e. The second-order valence-corrected chi connectivity index (χ2v) is 5.08. The summed E-state index contributed by atoms with van der Waals surface area (Å²) >= 11 is 3.30. The van der Waals surface area contributed by atoms with E-state index in [1.807, 2.05) is 19.1 Å². The number of nitrogens with zero attached hydrogens (tertiary/aromatic N) is 1. The van der Waals surface area contributed by atoms with Crippen LogP contribution in [0.5, 0.6) is 11.5 Å². The second-order valence-electron chi connectivity index (χ2n) is 4.23. The Morgan fingerprint density at radius 3 is 2.75 bits per heavy atom. The van der Waals surface area contributed by atoms with Crippen molar-refractivity contribution >= 4 is 22.2 Å². The van der Waals surface area contributed by atoms with E-state index in [9.17, 15) is 4.79 Å². The first kappa shape index (κ1) is 14.5. The van der Waals surface area contributed by atoms with Crippen LogP contribution in [-0.4, -0.2) is 18.4 Å². The Morgan fingerprint density at radius 1 is 1.25 bits per heavy atom. The van der Waals surface area contributed by atoms with Crippen LogP contribution in [0.4, 0.5) is 0 Å². The number of benzene rings is 1. The zero-order chi connectivity index (χ0) is 14.5. The van der Waals surface area contributed by atoms with Crippen molar-refractivity contribution in [3.8, 4) is 11.5 Å². The van der Waals surface area contributed by atoms with E-state index < -0.39 is 0 Å². The molecule has 1 heterocycles. The lowest BCUT2D eigenvalue weighted by Gasteiger charge is -2.09. The largest absolute Gasteiger partial charge is 0.497 e. The van der Waals surface area contributed by atoms with Gasteiger partial charge in [0.2, 0.25) is 0 Å². The van der Waals surface area contributed by atoms with Crippen molar-refractivity contribution in [1.82, 2.24) is 4.98 Å². The van der Waals surface area contributed by atoms with Crippen molar-refractivity contribution in [1.29, 1.82) is 0 Å². The molecule has 0 saturated carbocycles. The average Bonchev–Trinajstić information content (AvgIpc) is 2.45. The Hall–Kier alpha value is -1.88. The van der Waals surface area contributed by atoms with E-state index in [2.05, 4.69) is 20.9 Å². The lowest BCUT2D eigenvalue weighted by molar-refractivity contribution is 0.112. The van der Waals surface area contributed by atoms with Crippen molar-refractivity contribution in [2.24, 2.45) is 0 Å². The van der Waals surface area contributed by atoms with Gasteiger partial charge in [-0.05, 0) is 25.1 Å². The van der Waals surface area contributed by atoms with Crippen LogP contribution in [-0.2, 0) is 6.61 Å². The Bertz CT molecular complexity index is 629. The maximum atomic E-state index is 10.9. The molecular weight excluding hydrogens is 322 g/mol. The van der Waals surface area contributed by atoms with Gasteiger partial charge < -0.3 is 9.47 Å². The fraction of sp³-hybridized carbons (Fsp3) is 0.200. The molecule has 0 aliphatic heterocycles. The van der Waals surface area contributed by atoms with Gasteiger partial charge in [-0.15, -0.1) is 0 Å². The quantitative estimate of drug-likeness (QED) is 0.784. The molecule has 0 atom stereocenters. The van der Waals surface area contributed by atoms with Gasteiger partial charge in [-0.2, -0.15) is 0 Å². The van der Waals surface area contributed by atoms with E-state index in [-0.39, 0.29) is 0 Å². The van der Waals surface area contributed by atoms with Crippen LogP contribution in [0.3, 0.4) is 0 Å². The molecule has 0 fully saturated rings. The third-order valence-corrected chi connectivity index (χ3v) is 3.42.